The number of halogens is 1. The van der Waals surface area contributed by atoms with E-state index in [2.05, 4.69) is 36.1 Å². The molecule has 0 aliphatic carbocycles. The molecule has 0 unspecified atom stereocenters. The topological polar surface area (TPSA) is 28.2 Å². The normalized spacial score (nSPS) is 11.2. The van der Waals surface area contributed by atoms with Crippen LogP contribution < -0.4 is 5.32 Å². The van der Waals surface area contributed by atoms with Gasteiger partial charge in [-0.2, -0.15) is 0 Å². The zero-order valence-electron chi connectivity index (χ0n) is 10.9. The van der Waals surface area contributed by atoms with Gasteiger partial charge in [0.25, 0.3) is 0 Å². The van der Waals surface area contributed by atoms with Gasteiger partial charge in [0, 0.05) is 24.5 Å². The first-order valence-corrected chi connectivity index (χ1v) is 6.53. The molecular weight excluding hydrogens is 234 g/mol. The summed E-state index contributed by atoms with van der Waals surface area (Å²) in [6, 6.07) is 4.41. The minimum Gasteiger partial charge on any atom is -0.385 e. The molecule has 0 amide bonds. The number of hydrogen-bond acceptors (Lipinski definition) is 3. The van der Waals surface area contributed by atoms with Crippen molar-refractivity contribution in [1.29, 1.82) is 0 Å². The average molecular weight is 256 g/mol. The SMILES string of the molecule is CC(C)N(C)CCCCNc1ccnc(Cl)c1. The van der Waals surface area contributed by atoms with Crippen LogP contribution in [0.2, 0.25) is 5.15 Å². The summed E-state index contributed by atoms with van der Waals surface area (Å²) in [5, 5.41) is 3.88. The molecule has 1 aromatic rings. The third-order valence-corrected chi connectivity index (χ3v) is 3.08. The highest BCUT2D eigenvalue weighted by Gasteiger charge is 2.01. The molecule has 0 radical (unpaired) electrons. The predicted octanol–water partition coefficient (Wildman–Crippen LogP) is 3.27. The minimum absolute atomic E-state index is 0.537. The Bertz CT molecular complexity index is 328. The first-order chi connectivity index (χ1) is 8.09. The van der Waals surface area contributed by atoms with E-state index in [0.717, 1.165) is 25.2 Å². The molecule has 0 aliphatic rings. The largest absolute Gasteiger partial charge is 0.385 e. The van der Waals surface area contributed by atoms with Gasteiger partial charge in [0.05, 0.1) is 0 Å². The van der Waals surface area contributed by atoms with Crippen LogP contribution in [0.15, 0.2) is 18.3 Å². The van der Waals surface area contributed by atoms with Crippen molar-refractivity contribution in [3.8, 4) is 0 Å². The van der Waals surface area contributed by atoms with Crippen molar-refractivity contribution in [2.75, 3.05) is 25.5 Å². The third-order valence-electron chi connectivity index (χ3n) is 2.87. The van der Waals surface area contributed by atoms with E-state index in [4.69, 9.17) is 11.6 Å². The molecule has 4 heteroatoms. The van der Waals surface area contributed by atoms with Crippen LogP contribution in [0.5, 0.6) is 0 Å². The lowest BCUT2D eigenvalue weighted by molar-refractivity contribution is 0.269. The summed E-state index contributed by atoms with van der Waals surface area (Å²) in [6.07, 6.45) is 4.09. The Hall–Kier alpha value is -0.800. The van der Waals surface area contributed by atoms with Crippen LogP contribution >= 0.6 is 11.6 Å². The highest BCUT2D eigenvalue weighted by molar-refractivity contribution is 6.29. The van der Waals surface area contributed by atoms with E-state index in [-0.39, 0.29) is 0 Å². The summed E-state index contributed by atoms with van der Waals surface area (Å²) < 4.78 is 0. The predicted molar refractivity (Wildman–Crippen MR) is 74.7 cm³/mol. The highest BCUT2D eigenvalue weighted by Crippen LogP contribution is 2.11. The standard InChI is InChI=1S/C13H22ClN3/c1-11(2)17(3)9-5-4-7-15-12-6-8-16-13(14)10-12/h6,8,10-11H,4-5,7,9H2,1-3H3,(H,15,16). The van der Waals surface area contributed by atoms with E-state index >= 15 is 0 Å². The Morgan fingerprint density at radius 3 is 2.82 bits per heavy atom. The molecule has 1 rings (SSSR count). The van der Waals surface area contributed by atoms with Gasteiger partial charge in [-0.3, -0.25) is 0 Å². The Morgan fingerprint density at radius 2 is 2.18 bits per heavy atom. The van der Waals surface area contributed by atoms with Gasteiger partial charge in [-0.05, 0) is 52.4 Å². The zero-order chi connectivity index (χ0) is 12.7. The van der Waals surface area contributed by atoms with Crippen molar-refractivity contribution in [3.05, 3.63) is 23.5 Å². The van der Waals surface area contributed by atoms with Crippen molar-refractivity contribution >= 4 is 17.3 Å². The summed E-state index contributed by atoms with van der Waals surface area (Å²) in [4.78, 5) is 6.31. The summed E-state index contributed by atoms with van der Waals surface area (Å²) in [5.74, 6) is 0. The number of pyridine rings is 1. The van der Waals surface area contributed by atoms with Gasteiger partial charge in [-0.25, -0.2) is 4.98 Å². The van der Waals surface area contributed by atoms with Crippen molar-refractivity contribution in [2.24, 2.45) is 0 Å². The van der Waals surface area contributed by atoms with Crippen molar-refractivity contribution in [3.63, 3.8) is 0 Å². The second-order valence-electron chi connectivity index (χ2n) is 4.58. The van der Waals surface area contributed by atoms with Crippen LogP contribution in [0, 0.1) is 0 Å². The quantitative estimate of drug-likeness (QED) is 0.599. The van der Waals surface area contributed by atoms with Gasteiger partial charge in [0.15, 0.2) is 0 Å². The van der Waals surface area contributed by atoms with E-state index in [9.17, 15) is 0 Å². The molecule has 0 saturated carbocycles. The third kappa shape index (κ3) is 5.89. The number of hydrogen-bond donors (Lipinski definition) is 1. The van der Waals surface area contributed by atoms with Gasteiger partial charge < -0.3 is 10.2 Å². The number of unbranched alkanes of at least 4 members (excludes halogenated alkanes) is 1. The second kappa shape index (κ2) is 7.51. The molecule has 0 spiro atoms. The molecule has 0 bridgehead atoms. The highest BCUT2D eigenvalue weighted by atomic mass is 35.5. The van der Waals surface area contributed by atoms with E-state index in [0.29, 0.717) is 11.2 Å². The Labute approximate surface area is 109 Å². The molecule has 1 heterocycles. The van der Waals surface area contributed by atoms with Crippen LogP contribution in [0.4, 0.5) is 5.69 Å². The van der Waals surface area contributed by atoms with Gasteiger partial charge in [0.1, 0.15) is 5.15 Å². The molecule has 96 valence electrons. The molecule has 0 fully saturated rings. The lowest BCUT2D eigenvalue weighted by Gasteiger charge is -2.20. The van der Waals surface area contributed by atoms with Crippen molar-refractivity contribution < 1.29 is 0 Å². The number of rotatable bonds is 7. The van der Waals surface area contributed by atoms with E-state index in [1.165, 1.54) is 6.42 Å². The van der Waals surface area contributed by atoms with Gasteiger partial charge >= 0.3 is 0 Å². The molecule has 3 nitrogen and oxygen atoms in total. The van der Waals surface area contributed by atoms with Crippen molar-refractivity contribution in [1.82, 2.24) is 9.88 Å². The molecule has 0 aliphatic heterocycles. The summed E-state index contributed by atoms with van der Waals surface area (Å²) in [5.41, 5.74) is 1.04. The summed E-state index contributed by atoms with van der Waals surface area (Å²) in [6.45, 7) is 6.57. The average Bonchev–Trinajstić information content (AvgIpc) is 2.28. The van der Waals surface area contributed by atoms with Crippen molar-refractivity contribution in [2.45, 2.75) is 32.7 Å². The number of nitrogens with one attached hydrogen (secondary N) is 1. The summed E-state index contributed by atoms with van der Waals surface area (Å²) in [7, 11) is 2.17. The maximum atomic E-state index is 5.80. The van der Waals surface area contributed by atoms with E-state index < -0.39 is 0 Å². The fraction of sp³-hybridized carbons (Fsp3) is 0.615. The smallest absolute Gasteiger partial charge is 0.131 e. The van der Waals surface area contributed by atoms with Crippen LogP contribution in [-0.2, 0) is 0 Å². The number of nitrogens with zero attached hydrogens (tertiary/aromatic N) is 2. The molecule has 1 N–H and O–H groups in total. The van der Waals surface area contributed by atoms with Crippen LogP contribution in [0.1, 0.15) is 26.7 Å². The Balaban J connectivity index is 2.12. The molecule has 1 aromatic heterocycles. The first kappa shape index (κ1) is 14.3. The second-order valence-corrected chi connectivity index (χ2v) is 4.96. The Kier molecular flexibility index (Phi) is 6.30. The van der Waals surface area contributed by atoms with Gasteiger partial charge in [0.2, 0.25) is 0 Å². The number of anilines is 1. The monoisotopic (exact) mass is 255 g/mol. The molecule has 0 atom stereocenters. The minimum atomic E-state index is 0.537. The maximum absolute atomic E-state index is 5.80. The Morgan fingerprint density at radius 1 is 1.41 bits per heavy atom. The first-order valence-electron chi connectivity index (χ1n) is 6.15. The lowest BCUT2D eigenvalue weighted by atomic mass is 10.2. The van der Waals surface area contributed by atoms with Gasteiger partial charge in [-0.1, -0.05) is 11.6 Å². The summed E-state index contributed by atoms with van der Waals surface area (Å²) >= 11 is 5.80. The van der Waals surface area contributed by atoms with Crippen LogP contribution in [0.3, 0.4) is 0 Å². The van der Waals surface area contributed by atoms with E-state index in [1.54, 1.807) is 6.20 Å². The zero-order valence-corrected chi connectivity index (χ0v) is 11.7. The maximum Gasteiger partial charge on any atom is 0.131 e. The lowest BCUT2D eigenvalue weighted by Crippen LogP contribution is -2.27. The van der Waals surface area contributed by atoms with E-state index in [1.807, 2.05) is 12.1 Å². The fourth-order valence-corrected chi connectivity index (χ4v) is 1.66. The molecule has 0 aromatic carbocycles. The number of aromatic nitrogens is 1. The molecule has 0 saturated heterocycles. The molecule has 17 heavy (non-hydrogen) atoms. The fourth-order valence-electron chi connectivity index (χ4n) is 1.49. The molecular formula is C13H22ClN3. The van der Waals surface area contributed by atoms with Crippen LogP contribution in [-0.4, -0.2) is 36.1 Å². The van der Waals surface area contributed by atoms with Gasteiger partial charge in [-0.15, -0.1) is 0 Å². The van der Waals surface area contributed by atoms with Crippen LogP contribution in [0.25, 0.3) is 0 Å².